The molecular weight excluding hydrogens is 278 g/mol. The SMILES string of the molecule is CCCC(=O)OC(Cn1cncn1)c1ccc(Cl)cc1. The zero-order valence-corrected chi connectivity index (χ0v) is 12.0. The van der Waals surface area contributed by atoms with Crippen molar-refractivity contribution in [2.45, 2.75) is 32.4 Å². The van der Waals surface area contributed by atoms with E-state index in [1.165, 1.54) is 6.33 Å². The molecule has 20 heavy (non-hydrogen) atoms. The minimum Gasteiger partial charge on any atom is -0.455 e. The summed E-state index contributed by atoms with van der Waals surface area (Å²) < 4.78 is 7.16. The van der Waals surface area contributed by atoms with Crippen molar-refractivity contribution >= 4 is 17.6 Å². The van der Waals surface area contributed by atoms with Gasteiger partial charge < -0.3 is 4.74 Å². The lowest BCUT2D eigenvalue weighted by atomic mass is 10.1. The van der Waals surface area contributed by atoms with Crippen molar-refractivity contribution in [2.24, 2.45) is 0 Å². The molecule has 0 amide bonds. The number of rotatable bonds is 6. The first-order valence-electron chi connectivity index (χ1n) is 6.46. The van der Waals surface area contributed by atoms with E-state index in [2.05, 4.69) is 10.1 Å². The number of carbonyl (C=O) groups excluding carboxylic acids is 1. The monoisotopic (exact) mass is 293 g/mol. The molecule has 0 N–H and O–H groups in total. The Labute approximate surface area is 122 Å². The van der Waals surface area contributed by atoms with E-state index in [0.29, 0.717) is 18.0 Å². The lowest BCUT2D eigenvalue weighted by Gasteiger charge is -2.18. The molecule has 0 bridgehead atoms. The molecular formula is C14H16ClN3O2. The number of carbonyl (C=O) groups is 1. The van der Waals surface area contributed by atoms with Gasteiger partial charge in [-0.05, 0) is 24.1 Å². The number of hydrogen-bond acceptors (Lipinski definition) is 4. The van der Waals surface area contributed by atoms with Crippen LogP contribution in [0.15, 0.2) is 36.9 Å². The van der Waals surface area contributed by atoms with Gasteiger partial charge in [0.15, 0.2) is 0 Å². The quantitative estimate of drug-likeness (QED) is 0.768. The van der Waals surface area contributed by atoms with E-state index in [4.69, 9.17) is 16.3 Å². The van der Waals surface area contributed by atoms with Crippen LogP contribution in [0.4, 0.5) is 0 Å². The fourth-order valence-electron chi connectivity index (χ4n) is 1.81. The van der Waals surface area contributed by atoms with Crippen molar-refractivity contribution in [3.8, 4) is 0 Å². The maximum absolute atomic E-state index is 11.7. The molecule has 5 nitrogen and oxygen atoms in total. The van der Waals surface area contributed by atoms with E-state index in [9.17, 15) is 4.79 Å². The van der Waals surface area contributed by atoms with E-state index < -0.39 is 6.10 Å². The van der Waals surface area contributed by atoms with Crippen LogP contribution in [0.2, 0.25) is 5.02 Å². The van der Waals surface area contributed by atoms with Crippen LogP contribution in [0.3, 0.4) is 0 Å². The van der Waals surface area contributed by atoms with Gasteiger partial charge in [-0.1, -0.05) is 30.7 Å². The van der Waals surface area contributed by atoms with E-state index in [-0.39, 0.29) is 5.97 Å². The van der Waals surface area contributed by atoms with E-state index in [1.54, 1.807) is 23.1 Å². The molecule has 1 aromatic heterocycles. The Bertz CT molecular complexity index is 540. The van der Waals surface area contributed by atoms with Gasteiger partial charge in [-0.3, -0.25) is 4.79 Å². The van der Waals surface area contributed by atoms with Crippen LogP contribution >= 0.6 is 11.6 Å². The van der Waals surface area contributed by atoms with Crippen molar-refractivity contribution in [3.05, 3.63) is 47.5 Å². The van der Waals surface area contributed by atoms with Gasteiger partial charge in [0.25, 0.3) is 0 Å². The van der Waals surface area contributed by atoms with Gasteiger partial charge in [0.2, 0.25) is 0 Å². The Morgan fingerprint density at radius 1 is 1.40 bits per heavy atom. The number of aromatic nitrogens is 3. The molecule has 106 valence electrons. The van der Waals surface area contributed by atoms with Gasteiger partial charge in [0.1, 0.15) is 18.8 Å². The second-order valence-corrected chi connectivity index (χ2v) is 4.83. The van der Waals surface area contributed by atoms with E-state index in [1.807, 2.05) is 19.1 Å². The number of nitrogens with zero attached hydrogens (tertiary/aromatic N) is 3. The third kappa shape index (κ3) is 4.06. The first-order valence-corrected chi connectivity index (χ1v) is 6.84. The lowest BCUT2D eigenvalue weighted by Crippen LogP contribution is -2.17. The average molecular weight is 294 g/mol. The zero-order chi connectivity index (χ0) is 14.4. The molecule has 1 heterocycles. The fraction of sp³-hybridized carbons (Fsp3) is 0.357. The third-order valence-electron chi connectivity index (χ3n) is 2.79. The van der Waals surface area contributed by atoms with Gasteiger partial charge in [0, 0.05) is 11.4 Å². The molecule has 0 spiro atoms. The van der Waals surface area contributed by atoms with Gasteiger partial charge in [-0.15, -0.1) is 0 Å². The van der Waals surface area contributed by atoms with Crippen molar-refractivity contribution in [1.29, 1.82) is 0 Å². The zero-order valence-electron chi connectivity index (χ0n) is 11.2. The lowest BCUT2D eigenvalue weighted by molar-refractivity contribution is -0.150. The molecule has 2 rings (SSSR count). The molecule has 1 unspecified atom stereocenters. The van der Waals surface area contributed by atoms with Gasteiger partial charge in [-0.2, -0.15) is 5.10 Å². The predicted octanol–water partition coefficient (Wildman–Crippen LogP) is 3.02. The van der Waals surface area contributed by atoms with Crippen LogP contribution in [0, 0.1) is 0 Å². The highest BCUT2D eigenvalue weighted by atomic mass is 35.5. The Hall–Kier alpha value is -1.88. The number of ether oxygens (including phenoxy) is 1. The molecule has 1 aromatic carbocycles. The summed E-state index contributed by atoms with van der Waals surface area (Å²) in [6.07, 6.45) is 3.81. The molecule has 0 fully saturated rings. The summed E-state index contributed by atoms with van der Waals surface area (Å²) in [4.78, 5) is 15.6. The molecule has 6 heteroatoms. The molecule has 0 saturated carbocycles. The smallest absolute Gasteiger partial charge is 0.306 e. The fourth-order valence-corrected chi connectivity index (χ4v) is 1.93. The Morgan fingerprint density at radius 3 is 2.75 bits per heavy atom. The van der Waals surface area contributed by atoms with Gasteiger partial charge in [0.05, 0.1) is 6.54 Å². The summed E-state index contributed by atoms with van der Waals surface area (Å²) in [5.74, 6) is -0.215. The maximum Gasteiger partial charge on any atom is 0.306 e. The number of hydrogen-bond donors (Lipinski definition) is 0. The first-order chi connectivity index (χ1) is 9.69. The molecule has 0 aliphatic carbocycles. The standard InChI is InChI=1S/C14H16ClN3O2/c1-2-3-14(19)20-13(8-18-10-16-9-17-18)11-4-6-12(15)7-5-11/h4-7,9-10,13H,2-3,8H2,1H3. The number of esters is 1. The number of benzene rings is 1. The summed E-state index contributed by atoms with van der Waals surface area (Å²) in [6, 6.07) is 7.25. The highest BCUT2D eigenvalue weighted by molar-refractivity contribution is 6.30. The summed E-state index contributed by atoms with van der Waals surface area (Å²) in [5.41, 5.74) is 0.884. The molecule has 1 atom stereocenters. The maximum atomic E-state index is 11.7. The molecule has 0 saturated heterocycles. The summed E-state index contributed by atoms with van der Waals surface area (Å²) in [6.45, 7) is 2.37. The Balaban J connectivity index is 2.14. The van der Waals surface area contributed by atoms with Crippen LogP contribution in [0.25, 0.3) is 0 Å². The van der Waals surface area contributed by atoms with E-state index in [0.717, 1.165) is 12.0 Å². The minimum absolute atomic E-state index is 0.215. The van der Waals surface area contributed by atoms with Crippen LogP contribution in [0.1, 0.15) is 31.4 Å². The number of halogens is 1. The molecule has 2 aromatic rings. The second-order valence-electron chi connectivity index (χ2n) is 4.40. The van der Waals surface area contributed by atoms with Crippen molar-refractivity contribution in [3.63, 3.8) is 0 Å². The molecule has 0 aliphatic rings. The van der Waals surface area contributed by atoms with Crippen molar-refractivity contribution in [2.75, 3.05) is 0 Å². The normalized spacial score (nSPS) is 12.1. The average Bonchev–Trinajstić information content (AvgIpc) is 2.92. The van der Waals surface area contributed by atoms with E-state index >= 15 is 0 Å². The van der Waals surface area contributed by atoms with Gasteiger partial charge >= 0.3 is 5.97 Å². The summed E-state index contributed by atoms with van der Waals surface area (Å²) in [7, 11) is 0. The largest absolute Gasteiger partial charge is 0.455 e. The summed E-state index contributed by atoms with van der Waals surface area (Å²) in [5, 5.41) is 4.69. The topological polar surface area (TPSA) is 57.0 Å². The van der Waals surface area contributed by atoms with Crippen molar-refractivity contribution in [1.82, 2.24) is 14.8 Å². The summed E-state index contributed by atoms with van der Waals surface area (Å²) >= 11 is 5.88. The van der Waals surface area contributed by atoms with Crippen LogP contribution in [-0.2, 0) is 16.1 Å². The highest BCUT2D eigenvalue weighted by Crippen LogP contribution is 2.22. The third-order valence-corrected chi connectivity index (χ3v) is 3.04. The minimum atomic E-state index is -0.395. The Morgan fingerprint density at radius 2 is 2.15 bits per heavy atom. The molecule has 0 aliphatic heterocycles. The first kappa shape index (κ1) is 14.5. The molecule has 0 radical (unpaired) electrons. The predicted molar refractivity (Wildman–Crippen MR) is 75.2 cm³/mol. The van der Waals surface area contributed by atoms with Gasteiger partial charge in [-0.25, -0.2) is 9.67 Å². The second kappa shape index (κ2) is 7.05. The van der Waals surface area contributed by atoms with Crippen LogP contribution < -0.4 is 0 Å². The Kier molecular flexibility index (Phi) is 5.12. The van der Waals surface area contributed by atoms with Crippen LogP contribution in [-0.4, -0.2) is 20.7 Å². The van der Waals surface area contributed by atoms with Crippen LogP contribution in [0.5, 0.6) is 0 Å². The highest BCUT2D eigenvalue weighted by Gasteiger charge is 2.17. The van der Waals surface area contributed by atoms with Crippen molar-refractivity contribution < 1.29 is 9.53 Å².